The maximum Gasteiger partial charge on any atom is 0.262 e. The Morgan fingerprint density at radius 2 is 1.50 bits per heavy atom. The third kappa shape index (κ3) is 13.3. The number of nitrogens with zero attached hydrogens (tertiary/aromatic N) is 1. The normalized spacial score (nSPS) is 12.5. The third-order valence-electron chi connectivity index (χ3n) is 7.25. The molecule has 0 atom stereocenters. The second kappa shape index (κ2) is 21.4. The number of hydrogen-bond donors (Lipinski definition) is 1. The van der Waals surface area contributed by atoms with Crippen molar-refractivity contribution in [2.24, 2.45) is 0 Å². The lowest BCUT2D eigenvalue weighted by Gasteiger charge is -2.18. The van der Waals surface area contributed by atoms with Crippen molar-refractivity contribution in [1.82, 2.24) is 4.90 Å². The molecule has 1 heterocycles. The van der Waals surface area contributed by atoms with Gasteiger partial charge in [-0.05, 0) is 42.0 Å². The Bertz CT molecular complexity index is 1080. The number of unbranched alkanes of at least 4 members (excludes halogenated alkanes) is 11. The molecule has 42 heavy (non-hydrogen) atoms. The maximum atomic E-state index is 12.8. The predicted octanol–water partition coefficient (Wildman–Crippen LogP) is 9.74. The van der Waals surface area contributed by atoms with E-state index in [-0.39, 0.29) is 29.5 Å². The Morgan fingerprint density at radius 3 is 2.14 bits per heavy atom. The highest BCUT2D eigenvalue weighted by molar-refractivity contribution is 8.93. The van der Waals surface area contributed by atoms with Crippen molar-refractivity contribution in [3.8, 4) is 17.2 Å². The van der Waals surface area contributed by atoms with E-state index in [4.69, 9.17) is 14.2 Å². The minimum atomic E-state index is -0.213. The van der Waals surface area contributed by atoms with Crippen molar-refractivity contribution in [2.75, 3.05) is 31.5 Å². The van der Waals surface area contributed by atoms with Gasteiger partial charge in [0.1, 0.15) is 0 Å². The van der Waals surface area contributed by atoms with Crippen molar-refractivity contribution >= 4 is 40.3 Å². The molecule has 2 aromatic carbocycles. The molecule has 3 rings (SSSR count). The number of methoxy groups -OCH3 is 1. The molecule has 0 radical (unpaired) electrons. The average molecular weight is 664 g/mol. The second-order valence-electron chi connectivity index (χ2n) is 10.8. The van der Waals surface area contributed by atoms with Crippen LogP contribution in [0.1, 0.15) is 96.5 Å². The van der Waals surface area contributed by atoms with Gasteiger partial charge in [-0.2, -0.15) is 0 Å². The summed E-state index contributed by atoms with van der Waals surface area (Å²) in [6, 6.07) is 13.4. The number of allylic oxidation sites excluding steroid dienone is 1. The predicted molar refractivity (Wildman–Crippen MR) is 182 cm³/mol. The molecule has 0 aromatic heterocycles. The fourth-order valence-corrected chi connectivity index (χ4v) is 5.72. The SMILES string of the molecule is Br.CCCCCCCCCCCCCCOc1c(OC)cccc1OCC(=O)Nc1ccccc1CN1C=C(C)SC1. The molecular formula is C34H51BrN2O4S. The molecule has 2 aromatic rings. The van der Waals surface area contributed by atoms with Crippen LogP contribution in [0.4, 0.5) is 5.69 Å². The summed E-state index contributed by atoms with van der Waals surface area (Å²) >= 11 is 1.83. The lowest BCUT2D eigenvalue weighted by atomic mass is 10.1. The van der Waals surface area contributed by atoms with E-state index in [1.54, 1.807) is 7.11 Å². The number of benzene rings is 2. The summed E-state index contributed by atoms with van der Waals surface area (Å²) in [5.74, 6) is 2.39. The monoisotopic (exact) mass is 662 g/mol. The lowest BCUT2D eigenvalue weighted by Crippen LogP contribution is -2.22. The van der Waals surface area contributed by atoms with Crippen LogP contribution in [0, 0.1) is 0 Å². The first-order valence-electron chi connectivity index (χ1n) is 15.5. The van der Waals surface area contributed by atoms with Gasteiger partial charge in [-0.3, -0.25) is 4.79 Å². The van der Waals surface area contributed by atoms with Gasteiger partial charge in [0.05, 0.1) is 19.6 Å². The smallest absolute Gasteiger partial charge is 0.262 e. The standard InChI is InChI=1S/C34H50N2O4S.BrH/c1-4-5-6-7-8-9-10-11-12-13-14-17-23-39-34-31(38-3)21-18-22-32(34)40-26-33(37)35-30-20-16-15-19-29(30)25-36-24-28(2)41-27-36;/h15-16,18-22,24H,4-14,17,23,25-27H2,1-3H3,(H,35,37);1H. The van der Waals surface area contributed by atoms with Crippen molar-refractivity contribution in [2.45, 2.75) is 97.4 Å². The number of rotatable bonds is 21. The first-order chi connectivity index (χ1) is 20.1. The van der Waals surface area contributed by atoms with Gasteiger partial charge in [-0.15, -0.1) is 28.7 Å². The number of carbonyl (C=O) groups excluding carboxylic acids is 1. The van der Waals surface area contributed by atoms with Gasteiger partial charge in [0.25, 0.3) is 5.91 Å². The van der Waals surface area contributed by atoms with Crippen LogP contribution >= 0.6 is 28.7 Å². The fourth-order valence-electron chi connectivity index (χ4n) is 4.97. The Balaban J connectivity index is 0.00000616. The van der Waals surface area contributed by atoms with E-state index in [9.17, 15) is 4.79 Å². The highest BCUT2D eigenvalue weighted by atomic mass is 79.9. The van der Waals surface area contributed by atoms with E-state index in [0.717, 1.165) is 36.5 Å². The van der Waals surface area contributed by atoms with Crippen LogP contribution in [0.15, 0.2) is 53.6 Å². The molecule has 1 aliphatic rings. The van der Waals surface area contributed by atoms with Gasteiger partial charge in [0, 0.05) is 18.4 Å². The van der Waals surface area contributed by atoms with E-state index in [0.29, 0.717) is 23.9 Å². The van der Waals surface area contributed by atoms with Gasteiger partial charge in [0.2, 0.25) is 5.75 Å². The second-order valence-corrected chi connectivity index (χ2v) is 12.0. The first kappa shape index (κ1) is 35.9. The number of thioether (sulfide) groups is 1. The van der Waals surface area contributed by atoms with Crippen LogP contribution in [0.5, 0.6) is 17.2 Å². The Labute approximate surface area is 268 Å². The molecular weight excluding hydrogens is 612 g/mol. The minimum Gasteiger partial charge on any atom is -0.493 e. The summed E-state index contributed by atoms with van der Waals surface area (Å²) in [7, 11) is 1.62. The molecule has 0 bridgehead atoms. The molecule has 234 valence electrons. The van der Waals surface area contributed by atoms with Gasteiger partial charge < -0.3 is 24.4 Å². The Kier molecular flexibility index (Phi) is 18.3. The van der Waals surface area contributed by atoms with Crippen LogP contribution < -0.4 is 19.5 Å². The molecule has 0 fully saturated rings. The Morgan fingerprint density at radius 1 is 0.857 bits per heavy atom. The van der Waals surface area contributed by atoms with Crippen LogP contribution in [0.2, 0.25) is 0 Å². The Hall–Kier alpha value is -2.32. The molecule has 8 heteroatoms. The van der Waals surface area contributed by atoms with E-state index in [2.05, 4.69) is 30.3 Å². The molecule has 0 unspecified atom stereocenters. The number of hydrogen-bond acceptors (Lipinski definition) is 6. The molecule has 0 saturated carbocycles. The van der Waals surface area contributed by atoms with Gasteiger partial charge in [-0.25, -0.2) is 0 Å². The average Bonchev–Trinajstić information content (AvgIpc) is 3.39. The first-order valence-corrected chi connectivity index (χ1v) is 16.4. The fraction of sp³-hybridized carbons (Fsp3) is 0.559. The highest BCUT2D eigenvalue weighted by Gasteiger charge is 2.16. The van der Waals surface area contributed by atoms with Crippen LogP contribution in [0.3, 0.4) is 0 Å². The molecule has 0 saturated heterocycles. The van der Waals surface area contributed by atoms with E-state index in [1.807, 2.05) is 54.2 Å². The summed E-state index contributed by atoms with van der Waals surface area (Å²) in [4.78, 5) is 16.4. The third-order valence-corrected chi connectivity index (χ3v) is 8.27. The highest BCUT2D eigenvalue weighted by Crippen LogP contribution is 2.37. The van der Waals surface area contributed by atoms with Crippen molar-refractivity contribution < 1.29 is 19.0 Å². The van der Waals surface area contributed by atoms with Crippen molar-refractivity contribution in [1.29, 1.82) is 0 Å². The largest absolute Gasteiger partial charge is 0.493 e. The van der Waals surface area contributed by atoms with E-state index in [1.165, 1.54) is 69.1 Å². The zero-order valence-electron chi connectivity index (χ0n) is 25.8. The van der Waals surface area contributed by atoms with Crippen LogP contribution in [-0.4, -0.2) is 37.0 Å². The summed E-state index contributed by atoms with van der Waals surface area (Å²) in [5, 5.41) is 3.02. The number of nitrogens with one attached hydrogen (secondary N) is 1. The van der Waals surface area contributed by atoms with Crippen LogP contribution in [-0.2, 0) is 11.3 Å². The van der Waals surface area contributed by atoms with Gasteiger partial charge >= 0.3 is 0 Å². The van der Waals surface area contributed by atoms with E-state index < -0.39 is 0 Å². The number of halogens is 1. The summed E-state index contributed by atoms with van der Waals surface area (Å²) in [6.45, 7) is 5.61. The summed E-state index contributed by atoms with van der Waals surface area (Å²) in [6.07, 6.45) is 17.8. The van der Waals surface area contributed by atoms with Gasteiger partial charge in [0.15, 0.2) is 18.1 Å². The molecule has 1 aliphatic heterocycles. The van der Waals surface area contributed by atoms with Crippen molar-refractivity contribution in [3.63, 3.8) is 0 Å². The molecule has 0 spiro atoms. The number of anilines is 1. The number of amides is 1. The maximum absolute atomic E-state index is 12.8. The molecule has 0 aliphatic carbocycles. The summed E-state index contributed by atoms with van der Waals surface area (Å²) in [5.41, 5.74) is 1.87. The summed E-state index contributed by atoms with van der Waals surface area (Å²) < 4.78 is 17.6. The molecule has 6 nitrogen and oxygen atoms in total. The topological polar surface area (TPSA) is 60.0 Å². The number of carbonyl (C=O) groups is 1. The van der Waals surface area contributed by atoms with Crippen LogP contribution in [0.25, 0.3) is 0 Å². The molecule has 1 N–H and O–H groups in total. The van der Waals surface area contributed by atoms with Gasteiger partial charge in [-0.1, -0.05) is 102 Å². The van der Waals surface area contributed by atoms with Crippen molar-refractivity contribution in [3.05, 3.63) is 59.1 Å². The minimum absolute atomic E-state index is 0. The zero-order valence-corrected chi connectivity index (χ0v) is 28.4. The number of ether oxygens (including phenoxy) is 3. The zero-order chi connectivity index (χ0) is 29.1. The lowest BCUT2D eigenvalue weighted by molar-refractivity contribution is -0.118. The van der Waals surface area contributed by atoms with E-state index >= 15 is 0 Å². The number of para-hydroxylation sites is 2. The molecule has 1 amide bonds. The quantitative estimate of drug-likeness (QED) is 0.134.